The van der Waals surface area contributed by atoms with E-state index in [1.54, 1.807) is 25.6 Å². The standard InChI is InChI=1S/C19H23NO3S/c1-22-16-7-9-18(23-2)14(12-16)13-20(15-5-6-15)19(21)10-8-17-4-3-11-24-17/h3-4,7,9,11-12,15H,5-6,8,10,13H2,1-2H3. The summed E-state index contributed by atoms with van der Waals surface area (Å²) in [7, 11) is 3.31. The van der Waals surface area contributed by atoms with Crippen LogP contribution in [-0.4, -0.2) is 31.1 Å². The average molecular weight is 345 g/mol. The summed E-state index contributed by atoms with van der Waals surface area (Å²) in [4.78, 5) is 16.0. The molecule has 3 rings (SSSR count). The highest BCUT2D eigenvalue weighted by atomic mass is 32.1. The molecule has 0 spiro atoms. The molecule has 1 aromatic heterocycles. The molecule has 1 amide bonds. The third-order valence-electron chi connectivity index (χ3n) is 4.30. The highest BCUT2D eigenvalue weighted by molar-refractivity contribution is 7.09. The van der Waals surface area contributed by atoms with E-state index in [9.17, 15) is 4.79 Å². The molecule has 1 saturated carbocycles. The van der Waals surface area contributed by atoms with Gasteiger partial charge in [-0.25, -0.2) is 0 Å². The van der Waals surface area contributed by atoms with Crippen LogP contribution in [0.25, 0.3) is 0 Å². The Balaban J connectivity index is 1.70. The second-order valence-corrected chi connectivity index (χ2v) is 7.04. The van der Waals surface area contributed by atoms with Crippen molar-refractivity contribution in [1.82, 2.24) is 4.90 Å². The molecule has 1 aliphatic rings. The molecule has 1 aromatic carbocycles. The van der Waals surface area contributed by atoms with Crippen LogP contribution in [0.2, 0.25) is 0 Å². The molecule has 0 radical (unpaired) electrons. The molecule has 1 fully saturated rings. The molecule has 128 valence electrons. The van der Waals surface area contributed by atoms with Crippen molar-refractivity contribution in [2.45, 2.75) is 38.3 Å². The number of benzene rings is 1. The Morgan fingerprint density at radius 3 is 2.71 bits per heavy atom. The number of ether oxygens (including phenoxy) is 2. The minimum Gasteiger partial charge on any atom is -0.497 e. The van der Waals surface area contributed by atoms with Crippen molar-refractivity contribution < 1.29 is 14.3 Å². The first-order valence-corrected chi connectivity index (χ1v) is 9.12. The molecule has 0 unspecified atom stereocenters. The summed E-state index contributed by atoms with van der Waals surface area (Å²) in [6.07, 6.45) is 3.56. The third kappa shape index (κ3) is 4.09. The van der Waals surface area contributed by atoms with E-state index in [0.717, 1.165) is 36.3 Å². The van der Waals surface area contributed by atoms with Crippen molar-refractivity contribution in [2.75, 3.05) is 14.2 Å². The molecule has 2 aromatic rings. The Labute approximate surface area is 147 Å². The quantitative estimate of drug-likeness (QED) is 0.728. The van der Waals surface area contributed by atoms with Crippen LogP contribution in [0.5, 0.6) is 11.5 Å². The molecule has 0 bridgehead atoms. The van der Waals surface area contributed by atoms with Crippen LogP contribution in [-0.2, 0) is 17.8 Å². The van der Waals surface area contributed by atoms with Crippen LogP contribution in [0.1, 0.15) is 29.7 Å². The molecule has 0 aliphatic heterocycles. The van der Waals surface area contributed by atoms with E-state index in [0.29, 0.717) is 19.0 Å². The van der Waals surface area contributed by atoms with Gasteiger partial charge in [0, 0.05) is 29.4 Å². The summed E-state index contributed by atoms with van der Waals surface area (Å²) in [5.41, 5.74) is 0.994. The summed E-state index contributed by atoms with van der Waals surface area (Å²) in [6.45, 7) is 0.578. The van der Waals surface area contributed by atoms with Crippen LogP contribution < -0.4 is 9.47 Å². The van der Waals surface area contributed by atoms with Gasteiger partial charge in [0.25, 0.3) is 0 Å². The first-order chi connectivity index (χ1) is 11.7. The molecule has 0 atom stereocenters. The van der Waals surface area contributed by atoms with Gasteiger partial charge >= 0.3 is 0 Å². The minimum atomic E-state index is 0.218. The van der Waals surface area contributed by atoms with E-state index >= 15 is 0 Å². The van der Waals surface area contributed by atoms with Crippen molar-refractivity contribution in [3.8, 4) is 11.5 Å². The summed E-state index contributed by atoms with van der Waals surface area (Å²) >= 11 is 1.71. The summed E-state index contributed by atoms with van der Waals surface area (Å²) in [6, 6.07) is 10.2. The van der Waals surface area contributed by atoms with E-state index in [-0.39, 0.29) is 5.91 Å². The fraction of sp³-hybridized carbons (Fsp3) is 0.421. The Morgan fingerprint density at radius 2 is 2.08 bits per heavy atom. The Bertz CT molecular complexity index is 680. The summed E-state index contributed by atoms with van der Waals surface area (Å²) < 4.78 is 10.8. The number of methoxy groups -OCH3 is 2. The predicted molar refractivity (Wildman–Crippen MR) is 95.8 cm³/mol. The number of nitrogens with zero attached hydrogens (tertiary/aromatic N) is 1. The van der Waals surface area contributed by atoms with E-state index in [2.05, 4.69) is 11.4 Å². The van der Waals surface area contributed by atoms with Gasteiger partial charge in [-0.15, -0.1) is 11.3 Å². The second kappa shape index (κ2) is 7.71. The lowest BCUT2D eigenvalue weighted by Gasteiger charge is -2.24. The second-order valence-electron chi connectivity index (χ2n) is 6.01. The number of amides is 1. The van der Waals surface area contributed by atoms with E-state index in [1.165, 1.54) is 4.88 Å². The zero-order valence-corrected chi connectivity index (χ0v) is 15.0. The number of carbonyl (C=O) groups is 1. The molecule has 0 saturated heterocycles. The Morgan fingerprint density at radius 1 is 1.25 bits per heavy atom. The zero-order valence-electron chi connectivity index (χ0n) is 14.2. The van der Waals surface area contributed by atoms with Crippen LogP contribution in [0, 0.1) is 0 Å². The zero-order chi connectivity index (χ0) is 16.9. The first kappa shape index (κ1) is 16.8. The number of hydrogen-bond acceptors (Lipinski definition) is 4. The molecule has 1 heterocycles. The lowest BCUT2D eigenvalue weighted by atomic mass is 10.1. The van der Waals surface area contributed by atoms with Gasteiger partial charge in [0.05, 0.1) is 14.2 Å². The Hall–Kier alpha value is -2.01. The minimum absolute atomic E-state index is 0.218. The average Bonchev–Trinajstić information content (AvgIpc) is 3.32. The van der Waals surface area contributed by atoms with Gasteiger partial charge in [0.15, 0.2) is 0 Å². The van der Waals surface area contributed by atoms with E-state index in [1.807, 2.05) is 29.2 Å². The largest absolute Gasteiger partial charge is 0.497 e. The molecule has 5 heteroatoms. The van der Waals surface area contributed by atoms with Gasteiger partial charge in [0.2, 0.25) is 5.91 Å². The molecule has 24 heavy (non-hydrogen) atoms. The lowest BCUT2D eigenvalue weighted by molar-refractivity contribution is -0.132. The third-order valence-corrected chi connectivity index (χ3v) is 5.24. The van der Waals surface area contributed by atoms with Crippen molar-refractivity contribution in [3.63, 3.8) is 0 Å². The Kier molecular flexibility index (Phi) is 5.41. The normalized spacial score (nSPS) is 13.6. The summed E-state index contributed by atoms with van der Waals surface area (Å²) in [5, 5.41) is 2.06. The van der Waals surface area contributed by atoms with Gasteiger partial charge in [-0.05, 0) is 48.9 Å². The number of thiophene rings is 1. The molecular weight excluding hydrogens is 322 g/mol. The molecular formula is C19H23NO3S. The van der Waals surface area contributed by atoms with E-state index < -0.39 is 0 Å². The van der Waals surface area contributed by atoms with Crippen molar-refractivity contribution in [2.24, 2.45) is 0 Å². The molecule has 4 nitrogen and oxygen atoms in total. The first-order valence-electron chi connectivity index (χ1n) is 8.24. The van der Waals surface area contributed by atoms with Crippen LogP contribution in [0.4, 0.5) is 0 Å². The smallest absolute Gasteiger partial charge is 0.223 e. The van der Waals surface area contributed by atoms with Gasteiger partial charge in [-0.3, -0.25) is 4.79 Å². The van der Waals surface area contributed by atoms with Crippen molar-refractivity contribution in [1.29, 1.82) is 0 Å². The fourth-order valence-corrected chi connectivity index (χ4v) is 3.53. The maximum Gasteiger partial charge on any atom is 0.223 e. The lowest BCUT2D eigenvalue weighted by Crippen LogP contribution is -2.32. The van der Waals surface area contributed by atoms with Crippen LogP contribution in [0.3, 0.4) is 0 Å². The fourth-order valence-electron chi connectivity index (χ4n) is 2.82. The van der Waals surface area contributed by atoms with Crippen LogP contribution >= 0.6 is 11.3 Å². The number of carbonyl (C=O) groups excluding carboxylic acids is 1. The highest BCUT2D eigenvalue weighted by Gasteiger charge is 2.32. The monoisotopic (exact) mass is 345 g/mol. The molecule has 0 N–H and O–H groups in total. The SMILES string of the molecule is COc1ccc(OC)c(CN(C(=O)CCc2cccs2)C2CC2)c1. The highest BCUT2D eigenvalue weighted by Crippen LogP contribution is 2.32. The number of rotatable bonds is 8. The summed E-state index contributed by atoms with van der Waals surface area (Å²) in [5.74, 6) is 1.80. The molecule has 1 aliphatic carbocycles. The van der Waals surface area contributed by atoms with Crippen LogP contribution in [0.15, 0.2) is 35.7 Å². The number of hydrogen-bond donors (Lipinski definition) is 0. The van der Waals surface area contributed by atoms with E-state index in [4.69, 9.17) is 9.47 Å². The predicted octanol–water partition coefficient (Wildman–Crippen LogP) is 3.89. The van der Waals surface area contributed by atoms with Crippen molar-refractivity contribution in [3.05, 3.63) is 46.2 Å². The van der Waals surface area contributed by atoms with Gasteiger partial charge in [0.1, 0.15) is 11.5 Å². The maximum absolute atomic E-state index is 12.7. The number of aryl methyl sites for hydroxylation is 1. The van der Waals surface area contributed by atoms with Gasteiger partial charge in [-0.1, -0.05) is 6.07 Å². The topological polar surface area (TPSA) is 38.8 Å². The van der Waals surface area contributed by atoms with Gasteiger partial charge in [-0.2, -0.15) is 0 Å². The van der Waals surface area contributed by atoms with Crippen molar-refractivity contribution >= 4 is 17.2 Å². The maximum atomic E-state index is 12.7. The van der Waals surface area contributed by atoms with Gasteiger partial charge < -0.3 is 14.4 Å².